The average molecular weight is 376 g/mol. The highest BCUT2D eigenvalue weighted by Crippen LogP contribution is 2.13. The normalized spacial score (nSPS) is 10.5. The molecule has 3 amide bonds. The van der Waals surface area contributed by atoms with Crippen LogP contribution in [0.5, 0.6) is 0 Å². The van der Waals surface area contributed by atoms with E-state index in [4.69, 9.17) is 9.15 Å². The number of hydrogen-bond acceptors (Lipinski definition) is 7. The third kappa shape index (κ3) is 6.42. The molecule has 0 unspecified atom stereocenters. The van der Waals surface area contributed by atoms with Crippen molar-refractivity contribution in [2.75, 3.05) is 13.2 Å². The van der Waals surface area contributed by atoms with E-state index in [2.05, 4.69) is 10.4 Å². The number of carbonyl (C=O) groups is 3. The first-order valence-electron chi connectivity index (χ1n) is 8.22. The molecule has 2 rings (SSSR count). The number of imide groups is 1. The predicted octanol–water partition coefficient (Wildman–Crippen LogP) is 0.528. The lowest BCUT2D eigenvalue weighted by Gasteiger charge is -2.08. The molecule has 0 spiro atoms. The number of urea groups is 1. The van der Waals surface area contributed by atoms with Gasteiger partial charge in [-0.1, -0.05) is 32.0 Å². The van der Waals surface area contributed by atoms with Gasteiger partial charge in [-0.05, 0) is 18.1 Å². The number of carbonyl (C=O) groups excluding carboxylic acids is 3. The molecule has 0 radical (unpaired) electrons. The number of aromatic nitrogens is 2. The molecule has 0 atom stereocenters. The zero-order valence-electron chi connectivity index (χ0n) is 14.9. The van der Waals surface area contributed by atoms with E-state index < -0.39 is 36.8 Å². The Hall–Kier alpha value is -3.43. The van der Waals surface area contributed by atoms with Crippen LogP contribution >= 0.6 is 0 Å². The Morgan fingerprint density at radius 3 is 2.59 bits per heavy atom. The lowest BCUT2D eigenvalue weighted by atomic mass is 10.2. The van der Waals surface area contributed by atoms with Gasteiger partial charge in [0.2, 0.25) is 5.89 Å². The van der Waals surface area contributed by atoms with Gasteiger partial charge in [0, 0.05) is 12.1 Å². The molecule has 2 N–H and O–H groups in total. The molecule has 0 saturated carbocycles. The number of esters is 1. The quantitative estimate of drug-likeness (QED) is 0.673. The molecule has 0 bridgehead atoms. The SMILES string of the molecule is CC(C)CNC(=O)NC(=O)COC(=O)Cn1nc(-c2ccccc2)oc1=O. The van der Waals surface area contributed by atoms with Crippen LogP contribution in [0.1, 0.15) is 13.8 Å². The van der Waals surface area contributed by atoms with E-state index in [0.29, 0.717) is 12.1 Å². The molecule has 144 valence electrons. The Morgan fingerprint density at radius 1 is 1.22 bits per heavy atom. The monoisotopic (exact) mass is 376 g/mol. The highest BCUT2D eigenvalue weighted by Gasteiger charge is 2.15. The Balaban J connectivity index is 1.82. The highest BCUT2D eigenvalue weighted by molar-refractivity contribution is 5.95. The summed E-state index contributed by atoms with van der Waals surface area (Å²) in [6, 6.07) is 8.01. The molecule has 1 aromatic heterocycles. The zero-order chi connectivity index (χ0) is 19.8. The Kier molecular flexibility index (Phi) is 6.86. The first kappa shape index (κ1) is 19.9. The van der Waals surface area contributed by atoms with Crippen LogP contribution in [0.2, 0.25) is 0 Å². The summed E-state index contributed by atoms with van der Waals surface area (Å²) in [5.74, 6) is -2.20. The second kappa shape index (κ2) is 9.32. The summed E-state index contributed by atoms with van der Waals surface area (Å²) in [4.78, 5) is 46.5. The van der Waals surface area contributed by atoms with E-state index in [1.165, 1.54) is 0 Å². The standard InChI is InChI=1S/C17H20N4O6/c1-11(2)8-18-16(24)19-13(22)10-26-14(23)9-21-17(25)27-15(20-21)12-6-4-3-5-7-12/h3-7,11H,8-10H2,1-2H3,(H2,18,19,22,24). The predicted molar refractivity (Wildman–Crippen MR) is 93.5 cm³/mol. The van der Waals surface area contributed by atoms with E-state index in [1.54, 1.807) is 30.3 Å². The van der Waals surface area contributed by atoms with E-state index in [1.807, 2.05) is 19.2 Å². The lowest BCUT2D eigenvalue weighted by Crippen LogP contribution is -2.42. The van der Waals surface area contributed by atoms with Crippen molar-refractivity contribution in [3.8, 4) is 11.5 Å². The van der Waals surface area contributed by atoms with E-state index in [9.17, 15) is 19.2 Å². The van der Waals surface area contributed by atoms with Crippen molar-refractivity contribution in [1.82, 2.24) is 20.4 Å². The fraction of sp³-hybridized carbons (Fsp3) is 0.353. The molecule has 0 aliphatic carbocycles. The molecule has 27 heavy (non-hydrogen) atoms. The molecule has 0 saturated heterocycles. The van der Waals surface area contributed by atoms with E-state index in [-0.39, 0.29) is 11.8 Å². The number of nitrogens with zero attached hydrogens (tertiary/aromatic N) is 2. The Bertz CT molecular complexity index is 856. The van der Waals surface area contributed by atoms with Crippen LogP contribution in [-0.2, 0) is 20.9 Å². The summed E-state index contributed by atoms with van der Waals surface area (Å²) in [6.07, 6.45) is 0. The van der Waals surface area contributed by atoms with Gasteiger partial charge < -0.3 is 14.5 Å². The lowest BCUT2D eigenvalue weighted by molar-refractivity contribution is -0.149. The number of benzene rings is 1. The molecular weight excluding hydrogens is 356 g/mol. The smallest absolute Gasteiger partial charge is 0.437 e. The van der Waals surface area contributed by atoms with Gasteiger partial charge in [-0.15, -0.1) is 5.10 Å². The summed E-state index contributed by atoms with van der Waals surface area (Å²) in [7, 11) is 0. The van der Waals surface area contributed by atoms with Crippen molar-refractivity contribution in [2.45, 2.75) is 20.4 Å². The third-order valence-electron chi connectivity index (χ3n) is 3.19. The first-order valence-corrected chi connectivity index (χ1v) is 8.22. The van der Waals surface area contributed by atoms with Gasteiger partial charge in [-0.3, -0.25) is 14.9 Å². The molecule has 0 aliphatic heterocycles. The molecule has 10 nitrogen and oxygen atoms in total. The Labute approximate surface area is 154 Å². The molecule has 1 aromatic carbocycles. The second-order valence-corrected chi connectivity index (χ2v) is 6.01. The van der Waals surface area contributed by atoms with Gasteiger partial charge in [0.15, 0.2) is 6.61 Å². The van der Waals surface area contributed by atoms with Crippen molar-refractivity contribution in [1.29, 1.82) is 0 Å². The number of hydrogen-bond donors (Lipinski definition) is 2. The molecule has 2 aromatic rings. The zero-order valence-corrected chi connectivity index (χ0v) is 14.9. The number of ether oxygens (including phenoxy) is 1. The summed E-state index contributed by atoms with van der Waals surface area (Å²) in [5, 5.41) is 8.42. The minimum absolute atomic E-state index is 0.0629. The van der Waals surface area contributed by atoms with Crippen LogP contribution in [0, 0.1) is 5.92 Å². The van der Waals surface area contributed by atoms with Crippen LogP contribution in [0.4, 0.5) is 4.79 Å². The largest absolute Gasteiger partial charge is 0.454 e. The topological polar surface area (TPSA) is 133 Å². The van der Waals surface area contributed by atoms with Crippen molar-refractivity contribution in [3.63, 3.8) is 0 Å². The summed E-state index contributed by atoms with van der Waals surface area (Å²) in [6.45, 7) is 3.02. The van der Waals surface area contributed by atoms with Gasteiger partial charge in [0.25, 0.3) is 5.91 Å². The number of rotatable bonds is 7. The van der Waals surface area contributed by atoms with E-state index in [0.717, 1.165) is 4.68 Å². The van der Waals surface area contributed by atoms with Gasteiger partial charge in [0.05, 0.1) is 0 Å². The van der Waals surface area contributed by atoms with Crippen molar-refractivity contribution < 1.29 is 23.5 Å². The molecule has 0 fully saturated rings. The van der Waals surface area contributed by atoms with Gasteiger partial charge in [-0.25, -0.2) is 9.59 Å². The van der Waals surface area contributed by atoms with E-state index >= 15 is 0 Å². The maximum absolute atomic E-state index is 11.8. The molecular formula is C17H20N4O6. The van der Waals surface area contributed by atoms with Crippen molar-refractivity contribution in [3.05, 3.63) is 40.9 Å². The molecule has 0 aliphatic rings. The van der Waals surface area contributed by atoms with Crippen LogP contribution in [0.25, 0.3) is 11.5 Å². The number of amides is 3. The summed E-state index contributed by atoms with van der Waals surface area (Å²) < 4.78 is 10.5. The summed E-state index contributed by atoms with van der Waals surface area (Å²) in [5.41, 5.74) is 0.577. The minimum Gasteiger partial charge on any atom is -0.454 e. The van der Waals surface area contributed by atoms with Crippen LogP contribution in [0.3, 0.4) is 0 Å². The van der Waals surface area contributed by atoms with Gasteiger partial charge >= 0.3 is 17.8 Å². The minimum atomic E-state index is -0.872. The van der Waals surface area contributed by atoms with Gasteiger partial charge in [0.1, 0.15) is 6.54 Å². The summed E-state index contributed by atoms with van der Waals surface area (Å²) >= 11 is 0. The van der Waals surface area contributed by atoms with Crippen LogP contribution in [-0.4, -0.2) is 40.8 Å². The van der Waals surface area contributed by atoms with Crippen LogP contribution in [0.15, 0.2) is 39.5 Å². The van der Waals surface area contributed by atoms with Crippen LogP contribution < -0.4 is 16.4 Å². The maximum Gasteiger partial charge on any atom is 0.437 e. The molecule has 10 heteroatoms. The fourth-order valence-corrected chi connectivity index (χ4v) is 1.92. The van der Waals surface area contributed by atoms with Crippen molar-refractivity contribution in [2.24, 2.45) is 5.92 Å². The first-order chi connectivity index (χ1) is 12.8. The third-order valence-corrected chi connectivity index (χ3v) is 3.19. The number of nitrogens with one attached hydrogen (secondary N) is 2. The highest BCUT2D eigenvalue weighted by atomic mass is 16.5. The molecule has 1 heterocycles. The van der Waals surface area contributed by atoms with Gasteiger partial charge in [-0.2, -0.15) is 4.68 Å². The average Bonchev–Trinajstić information content (AvgIpc) is 2.99. The fourth-order valence-electron chi connectivity index (χ4n) is 1.92. The Morgan fingerprint density at radius 2 is 1.93 bits per heavy atom. The second-order valence-electron chi connectivity index (χ2n) is 6.01. The maximum atomic E-state index is 11.8. The van der Waals surface area contributed by atoms with Crippen molar-refractivity contribution >= 4 is 17.9 Å².